The van der Waals surface area contributed by atoms with Gasteiger partial charge < -0.3 is 20.5 Å². The van der Waals surface area contributed by atoms with Crippen LogP contribution in [0.25, 0.3) is 0 Å². The molecule has 0 aliphatic heterocycles. The van der Waals surface area contributed by atoms with Gasteiger partial charge in [0.2, 0.25) is 0 Å². The molecular formula is C13H20N2O3. The summed E-state index contributed by atoms with van der Waals surface area (Å²) in [7, 11) is 1.64. The number of ether oxygens (including phenoxy) is 2. The Morgan fingerprint density at radius 3 is 2.67 bits per heavy atom. The predicted octanol–water partition coefficient (Wildman–Crippen LogP) is 1.05. The van der Waals surface area contributed by atoms with Crippen LogP contribution in [0.5, 0.6) is 5.75 Å². The van der Waals surface area contributed by atoms with Crippen LogP contribution < -0.4 is 15.8 Å². The third kappa shape index (κ3) is 5.54. The Morgan fingerprint density at radius 2 is 2.06 bits per heavy atom. The molecule has 1 aromatic rings. The molecule has 0 radical (unpaired) electrons. The molecule has 0 aromatic heterocycles. The average molecular weight is 252 g/mol. The molecule has 0 saturated carbocycles. The van der Waals surface area contributed by atoms with Crippen LogP contribution in [0.3, 0.4) is 0 Å². The second-order valence-corrected chi connectivity index (χ2v) is 4.22. The third-order valence-corrected chi connectivity index (χ3v) is 2.35. The molecule has 0 aliphatic carbocycles. The highest BCUT2D eigenvalue weighted by molar-refractivity contribution is 5.77. The molecule has 1 unspecified atom stereocenters. The number of amides is 1. The van der Waals surface area contributed by atoms with Gasteiger partial charge in [-0.1, -0.05) is 6.92 Å². The number of hydrogen-bond donors (Lipinski definition) is 2. The molecule has 0 spiro atoms. The molecule has 1 aromatic carbocycles. The monoisotopic (exact) mass is 252 g/mol. The van der Waals surface area contributed by atoms with Crippen molar-refractivity contribution >= 4 is 11.6 Å². The van der Waals surface area contributed by atoms with E-state index in [0.29, 0.717) is 24.6 Å². The van der Waals surface area contributed by atoms with Gasteiger partial charge in [0.15, 0.2) is 6.61 Å². The summed E-state index contributed by atoms with van der Waals surface area (Å²) in [6.07, 6.45) is 0. The molecule has 5 nitrogen and oxygen atoms in total. The number of benzene rings is 1. The predicted molar refractivity (Wildman–Crippen MR) is 70.4 cm³/mol. The normalized spacial score (nSPS) is 11.9. The minimum absolute atomic E-state index is 0.00359. The Labute approximate surface area is 107 Å². The van der Waals surface area contributed by atoms with Gasteiger partial charge in [-0.3, -0.25) is 4.79 Å². The van der Waals surface area contributed by atoms with Crippen LogP contribution in [0.15, 0.2) is 24.3 Å². The van der Waals surface area contributed by atoms with Gasteiger partial charge in [0.05, 0.1) is 6.61 Å². The fourth-order valence-electron chi connectivity index (χ4n) is 1.40. The quantitative estimate of drug-likeness (QED) is 0.711. The standard InChI is InChI=1S/C13H20N2O3/c1-10(8-17-2)7-15-13(16)9-18-12-5-3-11(14)4-6-12/h3-6,10H,7-9,14H2,1-2H3,(H,15,16). The van der Waals surface area contributed by atoms with Crippen LogP contribution in [0, 0.1) is 5.92 Å². The van der Waals surface area contributed by atoms with Gasteiger partial charge in [-0.05, 0) is 30.2 Å². The lowest BCUT2D eigenvalue weighted by molar-refractivity contribution is -0.123. The van der Waals surface area contributed by atoms with E-state index in [2.05, 4.69) is 5.32 Å². The van der Waals surface area contributed by atoms with Crippen LogP contribution in [-0.2, 0) is 9.53 Å². The first-order chi connectivity index (χ1) is 8.61. The molecule has 1 amide bonds. The second kappa shape index (κ2) is 7.55. The summed E-state index contributed by atoms with van der Waals surface area (Å²) in [5.41, 5.74) is 6.21. The van der Waals surface area contributed by atoms with E-state index in [4.69, 9.17) is 15.2 Å². The molecule has 0 saturated heterocycles. The van der Waals surface area contributed by atoms with E-state index in [1.54, 1.807) is 31.4 Å². The van der Waals surface area contributed by atoms with Crippen LogP contribution in [0.2, 0.25) is 0 Å². The number of rotatable bonds is 7. The minimum Gasteiger partial charge on any atom is -0.484 e. The first kappa shape index (κ1) is 14.3. The van der Waals surface area contributed by atoms with Gasteiger partial charge >= 0.3 is 0 Å². The third-order valence-electron chi connectivity index (χ3n) is 2.35. The van der Waals surface area contributed by atoms with Crippen molar-refractivity contribution < 1.29 is 14.3 Å². The molecule has 0 aliphatic rings. The maximum absolute atomic E-state index is 11.5. The number of carbonyl (C=O) groups excluding carboxylic acids is 1. The minimum atomic E-state index is -0.144. The van der Waals surface area contributed by atoms with Crippen molar-refractivity contribution in [2.75, 3.05) is 32.6 Å². The van der Waals surface area contributed by atoms with E-state index in [1.807, 2.05) is 6.92 Å². The van der Waals surface area contributed by atoms with Crippen LogP contribution in [-0.4, -0.2) is 32.8 Å². The number of methoxy groups -OCH3 is 1. The van der Waals surface area contributed by atoms with Crippen molar-refractivity contribution in [1.82, 2.24) is 5.32 Å². The zero-order chi connectivity index (χ0) is 13.4. The molecule has 1 atom stereocenters. The van der Waals surface area contributed by atoms with Crippen LogP contribution in [0.4, 0.5) is 5.69 Å². The Kier molecular flexibility index (Phi) is 6.00. The van der Waals surface area contributed by atoms with E-state index < -0.39 is 0 Å². The Bertz CT molecular complexity index is 365. The van der Waals surface area contributed by atoms with Crippen LogP contribution in [0.1, 0.15) is 6.92 Å². The van der Waals surface area contributed by atoms with Crippen molar-refractivity contribution in [3.05, 3.63) is 24.3 Å². The maximum Gasteiger partial charge on any atom is 0.257 e. The smallest absolute Gasteiger partial charge is 0.257 e. The molecule has 18 heavy (non-hydrogen) atoms. The van der Waals surface area contributed by atoms with Crippen molar-refractivity contribution in [2.45, 2.75) is 6.92 Å². The molecule has 0 bridgehead atoms. The first-order valence-corrected chi connectivity index (χ1v) is 5.85. The van der Waals surface area contributed by atoms with E-state index in [-0.39, 0.29) is 18.4 Å². The molecule has 100 valence electrons. The van der Waals surface area contributed by atoms with Gasteiger partial charge in [0.1, 0.15) is 5.75 Å². The van der Waals surface area contributed by atoms with Crippen molar-refractivity contribution in [1.29, 1.82) is 0 Å². The zero-order valence-electron chi connectivity index (χ0n) is 10.8. The Morgan fingerprint density at radius 1 is 1.39 bits per heavy atom. The molecule has 0 fully saturated rings. The maximum atomic E-state index is 11.5. The summed E-state index contributed by atoms with van der Waals surface area (Å²) in [5.74, 6) is 0.773. The van der Waals surface area contributed by atoms with Crippen molar-refractivity contribution in [2.24, 2.45) is 5.92 Å². The molecule has 3 N–H and O–H groups in total. The molecule has 0 heterocycles. The lowest BCUT2D eigenvalue weighted by Crippen LogP contribution is -2.33. The summed E-state index contributed by atoms with van der Waals surface area (Å²) in [6, 6.07) is 6.92. The highest BCUT2D eigenvalue weighted by atomic mass is 16.5. The zero-order valence-corrected chi connectivity index (χ0v) is 10.8. The van der Waals surface area contributed by atoms with Crippen LogP contribution >= 0.6 is 0 Å². The molecule has 1 rings (SSSR count). The van der Waals surface area contributed by atoms with Gasteiger partial charge in [-0.25, -0.2) is 0 Å². The fraction of sp³-hybridized carbons (Fsp3) is 0.462. The van der Waals surface area contributed by atoms with Crippen molar-refractivity contribution in [3.63, 3.8) is 0 Å². The van der Waals surface area contributed by atoms with E-state index >= 15 is 0 Å². The number of nitrogens with one attached hydrogen (secondary N) is 1. The summed E-state index contributed by atoms with van der Waals surface area (Å²) in [5, 5.41) is 2.78. The van der Waals surface area contributed by atoms with Gasteiger partial charge in [0, 0.05) is 19.3 Å². The van der Waals surface area contributed by atoms with Gasteiger partial charge in [-0.2, -0.15) is 0 Å². The van der Waals surface area contributed by atoms with E-state index in [0.717, 1.165) is 0 Å². The lowest BCUT2D eigenvalue weighted by atomic mass is 10.2. The first-order valence-electron chi connectivity index (χ1n) is 5.85. The number of anilines is 1. The largest absolute Gasteiger partial charge is 0.484 e. The molecular weight excluding hydrogens is 232 g/mol. The highest BCUT2D eigenvalue weighted by Crippen LogP contribution is 2.12. The highest BCUT2D eigenvalue weighted by Gasteiger charge is 2.06. The number of nitrogens with two attached hydrogens (primary N) is 1. The average Bonchev–Trinajstić information content (AvgIpc) is 2.36. The van der Waals surface area contributed by atoms with E-state index in [9.17, 15) is 4.79 Å². The SMILES string of the molecule is COCC(C)CNC(=O)COc1ccc(N)cc1. The fourth-order valence-corrected chi connectivity index (χ4v) is 1.40. The Hall–Kier alpha value is -1.75. The lowest BCUT2D eigenvalue weighted by Gasteiger charge is -2.12. The summed E-state index contributed by atoms with van der Waals surface area (Å²) >= 11 is 0. The summed E-state index contributed by atoms with van der Waals surface area (Å²) in [4.78, 5) is 11.5. The van der Waals surface area contributed by atoms with Gasteiger partial charge in [-0.15, -0.1) is 0 Å². The topological polar surface area (TPSA) is 73.6 Å². The number of carbonyl (C=O) groups is 1. The number of hydrogen-bond acceptors (Lipinski definition) is 4. The second-order valence-electron chi connectivity index (χ2n) is 4.22. The number of nitrogen functional groups attached to an aromatic ring is 1. The summed E-state index contributed by atoms with van der Waals surface area (Å²) in [6.45, 7) is 3.21. The Balaban J connectivity index is 2.22. The van der Waals surface area contributed by atoms with E-state index in [1.165, 1.54) is 0 Å². The molecule has 5 heteroatoms. The van der Waals surface area contributed by atoms with Gasteiger partial charge in [0.25, 0.3) is 5.91 Å². The van der Waals surface area contributed by atoms with Crippen molar-refractivity contribution in [3.8, 4) is 5.75 Å². The summed E-state index contributed by atoms with van der Waals surface area (Å²) < 4.78 is 10.3.